The van der Waals surface area contributed by atoms with E-state index in [0.29, 0.717) is 5.92 Å². The minimum atomic E-state index is 0.161. The van der Waals surface area contributed by atoms with E-state index >= 15 is 0 Å². The molecular weight excluding hydrogens is 667 g/mol. The van der Waals surface area contributed by atoms with Gasteiger partial charge in [-0.3, -0.25) is 0 Å². The van der Waals surface area contributed by atoms with E-state index in [4.69, 9.17) is 0 Å². The van der Waals surface area contributed by atoms with E-state index < -0.39 is 0 Å². The quantitative estimate of drug-likeness (QED) is 0.169. The molecule has 3 heteroatoms. The predicted octanol–water partition coefficient (Wildman–Crippen LogP) is 14.5. The Kier molecular flexibility index (Phi) is 7.45. The van der Waals surface area contributed by atoms with Crippen molar-refractivity contribution in [2.75, 3.05) is 0 Å². The monoisotopic (exact) mass is 713 g/mol. The first-order valence-corrected chi connectivity index (χ1v) is 19.7. The number of fused-ring (bicyclic) bond motifs is 9. The van der Waals surface area contributed by atoms with Gasteiger partial charge in [0.1, 0.15) is 0 Å². The van der Waals surface area contributed by atoms with Gasteiger partial charge >= 0.3 is 0 Å². The standard InChI is InChI=1S/C52H47N3/c1-51(2,3)33-44(52(4,5)6)34-23-25-35(26-24-34)53-49-29-27-36(54-45-19-11-7-15-38(45)39-16-8-12-20-46(39)54)31-42(49)43-32-37(28-30-50(43)53)55-47-21-13-9-17-40(47)41-18-10-14-22-48(41)55/h7-32,44H,33H2,1-6H3. The fourth-order valence-corrected chi connectivity index (χ4v) is 9.35. The minimum absolute atomic E-state index is 0.161. The molecule has 0 saturated heterocycles. The lowest BCUT2D eigenvalue weighted by molar-refractivity contribution is 0.229. The molecule has 0 aliphatic carbocycles. The molecular formula is C52H47N3. The van der Waals surface area contributed by atoms with Gasteiger partial charge in [-0.2, -0.15) is 0 Å². The summed E-state index contributed by atoms with van der Waals surface area (Å²) in [5.74, 6) is 0.460. The predicted molar refractivity (Wildman–Crippen MR) is 236 cm³/mol. The molecule has 7 aromatic carbocycles. The molecule has 1 unspecified atom stereocenters. The van der Waals surface area contributed by atoms with E-state index in [9.17, 15) is 0 Å². The number of nitrogens with zero attached hydrogens (tertiary/aromatic N) is 3. The first kappa shape index (κ1) is 33.5. The highest BCUT2D eigenvalue weighted by Crippen LogP contribution is 2.44. The Morgan fingerprint density at radius 3 is 1.05 bits per heavy atom. The molecule has 3 aromatic heterocycles. The van der Waals surface area contributed by atoms with Crippen molar-refractivity contribution < 1.29 is 0 Å². The Morgan fingerprint density at radius 1 is 0.364 bits per heavy atom. The third-order valence-corrected chi connectivity index (χ3v) is 11.8. The van der Waals surface area contributed by atoms with Crippen LogP contribution < -0.4 is 0 Å². The van der Waals surface area contributed by atoms with Gasteiger partial charge in [0, 0.05) is 49.4 Å². The van der Waals surface area contributed by atoms with Crippen LogP contribution in [0.15, 0.2) is 158 Å². The number of rotatable bonds is 5. The Hall–Kier alpha value is -6.06. The molecule has 0 radical (unpaired) electrons. The van der Waals surface area contributed by atoms with Crippen molar-refractivity contribution >= 4 is 65.4 Å². The fourth-order valence-electron chi connectivity index (χ4n) is 9.35. The van der Waals surface area contributed by atoms with Gasteiger partial charge in [-0.1, -0.05) is 126 Å². The van der Waals surface area contributed by atoms with E-state index in [1.807, 2.05) is 0 Å². The van der Waals surface area contributed by atoms with Crippen molar-refractivity contribution in [1.82, 2.24) is 13.7 Å². The molecule has 0 aliphatic heterocycles. The molecule has 1 atom stereocenters. The van der Waals surface area contributed by atoms with Gasteiger partial charge in [-0.25, -0.2) is 0 Å². The summed E-state index contributed by atoms with van der Waals surface area (Å²) >= 11 is 0. The van der Waals surface area contributed by atoms with Crippen LogP contribution in [0.1, 0.15) is 59.4 Å². The maximum Gasteiger partial charge on any atom is 0.0542 e. The lowest BCUT2D eigenvalue weighted by atomic mass is 9.69. The van der Waals surface area contributed by atoms with Crippen LogP contribution in [0, 0.1) is 10.8 Å². The van der Waals surface area contributed by atoms with E-state index in [-0.39, 0.29) is 10.8 Å². The SMILES string of the molecule is CC(C)(C)CC(c1ccc(-n2c3ccc(-n4c5ccccc5c5ccccc54)cc3c3cc(-n4c5ccccc5c5ccccc54)ccc32)cc1)C(C)(C)C. The highest BCUT2D eigenvalue weighted by atomic mass is 15.0. The molecule has 0 amide bonds. The molecule has 3 nitrogen and oxygen atoms in total. The smallest absolute Gasteiger partial charge is 0.0542 e. The van der Waals surface area contributed by atoms with Crippen LogP contribution in [0.25, 0.3) is 82.5 Å². The first-order valence-electron chi connectivity index (χ1n) is 19.7. The van der Waals surface area contributed by atoms with Gasteiger partial charge in [0.15, 0.2) is 0 Å². The van der Waals surface area contributed by atoms with Crippen LogP contribution >= 0.6 is 0 Å². The molecule has 0 saturated carbocycles. The zero-order valence-corrected chi connectivity index (χ0v) is 32.6. The lowest BCUT2D eigenvalue weighted by Crippen LogP contribution is -2.23. The molecule has 270 valence electrons. The fraction of sp³-hybridized carbons (Fsp3) is 0.192. The second kappa shape index (κ2) is 12.2. The summed E-state index contributed by atoms with van der Waals surface area (Å²) in [7, 11) is 0. The number of hydrogen-bond acceptors (Lipinski definition) is 0. The van der Waals surface area contributed by atoms with Crippen molar-refractivity contribution in [2.45, 2.75) is 53.9 Å². The highest BCUT2D eigenvalue weighted by molar-refractivity contribution is 6.14. The van der Waals surface area contributed by atoms with Crippen molar-refractivity contribution in [3.8, 4) is 17.1 Å². The minimum Gasteiger partial charge on any atom is -0.309 e. The molecule has 0 fully saturated rings. The molecule has 10 aromatic rings. The molecule has 0 N–H and O–H groups in total. The molecule has 10 rings (SSSR count). The van der Waals surface area contributed by atoms with E-state index in [1.165, 1.54) is 76.7 Å². The van der Waals surface area contributed by atoms with Crippen molar-refractivity contribution in [3.63, 3.8) is 0 Å². The second-order valence-corrected chi connectivity index (χ2v) is 17.8. The summed E-state index contributed by atoms with van der Waals surface area (Å²) in [6.45, 7) is 14.2. The number of aromatic nitrogens is 3. The van der Waals surface area contributed by atoms with Gasteiger partial charge in [-0.15, -0.1) is 0 Å². The van der Waals surface area contributed by atoms with E-state index in [0.717, 1.165) is 17.8 Å². The normalized spacial score (nSPS) is 13.3. The van der Waals surface area contributed by atoms with E-state index in [2.05, 4.69) is 213 Å². The van der Waals surface area contributed by atoms with Gasteiger partial charge < -0.3 is 13.7 Å². The van der Waals surface area contributed by atoms with Crippen LogP contribution in [-0.2, 0) is 0 Å². The Morgan fingerprint density at radius 2 is 0.691 bits per heavy atom. The maximum atomic E-state index is 2.47. The number of benzene rings is 7. The van der Waals surface area contributed by atoms with Gasteiger partial charge in [0.2, 0.25) is 0 Å². The summed E-state index contributed by atoms with van der Waals surface area (Å²) in [4.78, 5) is 0. The third-order valence-electron chi connectivity index (χ3n) is 11.8. The van der Waals surface area contributed by atoms with Crippen LogP contribution in [0.3, 0.4) is 0 Å². The molecule has 0 bridgehead atoms. The van der Waals surface area contributed by atoms with Gasteiger partial charge in [-0.05, 0) is 102 Å². The van der Waals surface area contributed by atoms with Crippen LogP contribution in [0.5, 0.6) is 0 Å². The summed E-state index contributed by atoms with van der Waals surface area (Å²) in [5, 5.41) is 7.57. The van der Waals surface area contributed by atoms with Crippen molar-refractivity contribution in [2.24, 2.45) is 10.8 Å². The largest absolute Gasteiger partial charge is 0.309 e. The molecule has 3 heterocycles. The van der Waals surface area contributed by atoms with Gasteiger partial charge in [0.05, 0.1) is 33.1 Å². The van der Waals surface area contributed by atoms with Crippen molar-refractivity contribution in [3.05, 3.63) is 163 Å². The van der Waals surface area contributed by atoms with E-state index in [1.54, 1.807) is 0 Å². The molecule has 55 heavy (non-hydrogen) atoms. The number of para-hydroxylation sites is 4. The second-order valence-electron chi connectivity index (χ2n) is 17.8. The molecule has 0 spiro atoms. The third kappa shape index (κ3) is 5.40. The molecule has 0 aliphatic rings. The summed E-state index contributed by atoms with van der Waals surface area (Å²) in [6.07, 6.45) is 1.14. The topological polar surface area (TPSA) is 14.8 Å². The summed E-state index contributed by atoms with van der Waals surface area (Å²) < 4.78 is 7.33. The van der Waals surface area contributed by atoms with Gasteiger partial charge in [0.25, 0.3) is 0 Å². The zero-order chi connectivity index (χ0) is 37.6. The Bertz CT molecular complexity index is 2800. The van der Waals surface area contributed by atoms with Crippen LogP contribution in [-0.4, -0.2) is 13.7 Å². The first-order chi connectivity index (χ1) is 26.5. The lowest BCUT2D eigenvalue weighted by Gasteiger charge is -2.36. The van der Waals surface area contributed by atoms with Crippen molar-refractivity contribution in [1.29, 1.82) is 0 Å². The van der Waals surface area contributed by atoms with Crippen LogP contribution in [0.4, 0.5) is 0 Å². The zero-order valence-electron chi connectivity index (χ0n) is 32.6. The Labute approximate surface area is 323 Å². The average Bonchev–Trinajstić information content (AvgIpc) is 3.82. The summed E-state index contributed by atoms with van der Waals surface area (Å²) in [6, 6.07) is 58.7. The highest BCUT2D eigenvalue weighted by Gasteiger charge is 2.30. The van der Waals surface area contributed by atoms with Crippen LogP contribution in [0.2, 0.25) is 0 Å². The Balaban J connectivity index is 1.22. The average molecular weight is 714 g/mol. The summed E-state index contributed by atoms with van der Waals surface area (Å²) in [5.41, 5.74) is 12.6. The maximum absolute atomic E-state index is 2.47. The number of hydrogen-bond donors (Lipinski definition) is 0.